The van der Waals surface area contributed by atoms with Crippen LogP contribution in [0.1, 0.15) is 20.8 Å². The molecule has 0 rings (SSSR count). The molecule has 0 aliphatic carbocycles. The second kappa shape index (κ2) is 4.24. The summed E-state index contributed by atoms with van der Waals surface area (Å²) in [6.07, 6.45) is 1.65. The van der Waals surface area contributed by atoms with E-state index in [1.54, 1.807) is 6.21 Å². The first-order chi connectivity index (χ1) is 4.18. The van der Waals surface area contributed by atoms with E-state index in [1.807, 2.05) is 20.8 Å². The van der Waals surface area contributed by atoms with Gasteiger partial charge in [0, 0.05) is 5.92 Å². The van der Waals surface area contributed by atoms with Gasteiger partial charge in [0.2, 0.25) is 0 Å². The quantitative estimate of drug-likeness (QED) is 0.525. The predicted molar refractivity (Wildman–Crippen MR) is 38.9 cm³/mol. The Balaban J connectivity index is 3.51. The molecule has 0 aliphatic rings. The highest BCUT2D eigenvalue weighted by Gasteiger charge is 2.03. The number of Topliss-reactive ketones (excluding diaryl/α,β-unsaturated/α-hetero) is 1. The zero-order chi connectivity index (χ0) is 7.28. The number of nitrogens with zero attached hydrogens (tertiary/aromatic N) is 1. The van der Waals surface area contributed by atoms with E-state index >= 15 is 0 Å². The Morgan fingerprint density at radius 2 is 2.22 bits per heavy atom. The highest BCUT2D eigenvalue weighted by atomic mass is 16.1. The third-order valence-corrected chi connectivity index (χ3v) is 1.07. The average molecular weight is 127 g/mol. The van der Waals surface area contributed by atoms with E-state index in [4.69, 9.17) is 0 Å². The minimum Gasteiger partial charge on any atom is -0.297 e. The third-order valence-electron chi connectivity index (χ3n) is 1.07. The van der Waals surface area contributed by atoms with Crippen LogP contribution in [-0.4, -0.2) is 18.5 Å². The first-order valence-electron chi connectivity index (χ1n) is 3.15. The summed E-state index contributed by atoms with van der Waals surface area (Å²) in [5.41, 5.74) is 0. The molecule has 0 bridgehead atoms. The second-order valence-electron chi connectivity index (χ2n) is 2.22. The molecule has 2 nitrogen and oxygen atoms in total. The van der Waals surface area contributed by atoms with Gasteiger partial charge in [-0.15, -0.1) is 0 Å². The van der Waals surface area contributed by atoms with Crippen LogP contribution in [0.25, 0.3) is 0 Å². The lowest BCUT2D eigenvalue weighted by Crippen LogP contribution is -2.10. The van der Waals surface area contributed by atoms with Crippen LogP contribution in [0.4, 0.5) is 0 Å². The van der Waals surface area contributed by atoms with Crippen LogP contribution in [0, 0.1) is 5.92 Å². The smallest absolute Gasteiger partial charge is 0.156 e. The minimum absolute atomic E-state index is 0.119. The number of hydrogen-bond acceptors (Lipinski definition) is 2. The van der Waals surface area contributed by atoms with Gasteiger partial charge in [0.05, 0.1) is 6.54 Å². The maximum absolute atomic E-state index is 10.8. The molecule has 0 aromatic carbocycles. The molecule has 0 aliphatic heterocycles. The summed E-state index contributed by atoms with van der Waals surface area (Å²) in [7, 11) is 0. The molecular formula is C7H13NO. The largest absolute Gasteiger partial charge is 0.297 e. The molecule has 0 saturated heterocycles. The van der Waals surface area contributed by atoms with Crippen molar-refractivity contribution in [2.45, 2.75) is 20.8 Å². The van der Waals surface area contributed by atoms with Crippen LogP contribution < -0.4 is 0 Å². The molecule has 0 spiro atoms. The number of carbonyl (C=O) groups is 1. The topological polar surface area (TPSA) is 29.4 Å². The monoisotopic (exact) mass is 127 g/mol. The first kappa shape index (κ1) is 8.34. The standard InChI is InChI=1S/C7H13NO/c1-4-8-5-7(9)6(2)3/h4,6H,5H2,1-3H3. The highest BCUT2D eigenvalue weighted by molar-refractivity contribution is 5.83. The van der Waals surface area contributed by atoms with E-state index in [1.165, 1.54) is 0 Å². The fourth-order valence-corrected chi connectivity index (χ4v) is 0.364. The molecule has 0 atom stereocenters. The molecule has 0 aromatic rings. The molecule has 52 valence electrons. The average Bonchev–Trinajstić information content (AvgIpc) is 1.82. The second-order valence-corrected chi connectivity index (χ2v) is 2.22. The maximum Gasteiger partial charge on any atom is 0.156 e. The van der Waals surface area contributed by atoms with E-state index in [-0.39, 0.29) is 11.7 Å². The third kappa shape index (κ3) is 3.88. The van der Waals surface area contributed by atoms with Crippen molar-refractivity contribution < 1.29 is 4.79 Å². The Hall–Kier alpha value is -0.660. The van der Waals surface area contributed by atoms with Crippen LogP contribution in [0.5, 0.6) is 0 Å². The fraction of sp³-hybridized carbons (Fsp3) is 0.714. The van der Waals surface area contributed by atoms with Crippen molar-refractivity contribution in [2.75, 3.05) is 6.54 Å². The van der Waals surface area contributed by atoms with Gasteiger partial charge in [0.1, 0.15) is 0 Å². The van der Waals surface area contributed by atoms with E-state index in [2.05, 4.69) is 4.99 Å². The van der Waals surface area contributed by atoms with Crippen molar-refractivity contribution >= 4 is 12.0 Å². The van der Waals surface area contributed by atoms with Gasteiger partial charge in [-0.2, -0.15) is 0 Å². The van der Waals surface area contributed by atoms with Crippen molar-refractivity contribution in [2.24, 2.45) is 10.9 Å². The number of rotatable bonds is 3. The molecule has 0 aromatic heterocycles. The minimum atomic E-state index is 0.119. The summed E-state index contributed by atoms with van der Waals surface area (Å²) in [6, 6.07) is 0. The van der Waals surface area contributed by atoms with Gasteiger partial charge in [-0.1, -0.05) is 13.8 Å². The van der Waals surface area contributed by atoms with Crippen LogP contribution in [0.3, 0.4) is 0 Å². The van der Waals surface area contributed by atoms with Crippen LogP contribution >= 0.6 is 0 Å². The lowest BCUT2D eigenvalue weighted by molar-refractivity contribution is -0.120. The van der Waals surface area contributed by atoms with Gasteiger partial charge in [0.25, 0.3) is 0 Å². The predicted octanol–water partition coefficient (Wildman–Crippen LogP) is 1.30. The van der Waals surface area contributed by atoms with E-state index in [9.17, 15) is 4.79 Å². The van der Waals surface area contributed by atoms with E-state index < -0.39 is 0 Å². The molecule has 0 amide bonds. The Bertz CT molecular complexity index is 116. The van der Waals surface area contributed by atoms with Gasteiger partial charge < -0.3 is 0 Å². The summed E-state index contributed by atoms with van der Waals surface area (Å²) in [5.74, 6) is 0.321. The number of aliphatic imine (C=N–C) groups is 1. The summed E-state index contributed by atoms with van der Waals surface area (Å²) in [5, 5.41) is 0. The Morgan fingerprint density at radius 1 is 1.67 bits per heavy atom. The van der Waals surface area contributed by atoms with Gasteiger partial charge >= 0.3 is 0 Å². The molecule has 0 N–H and O–H groups in total. The summed E-state index contributed by atoms with van der Waals surface area (Å²) >= 11 is 0. The van der Waals surface area contributed by atoms with Crippen molar-refractivity contribution in [3.05, 3.63) is 0 Å². The molecule has 0 saturated carbocycles. The van der Waals surface area contributed by atoms with Crippen molar-refractivity contribution in [1.82, 2.24) is 0 Å². The van der Waals surface area contributed by atoms with Crippen LogP contribution in [0.15, 0.2) is 4.99 Å². The first-order valence-corrected chi connectivity index (χ1v) is 3.15. The molecular weight excluding hydrogens is 114 g/mol. The SMILES string of the molecule is CC=NCC(=O)C(C)C. The summed E-state index contributed by atoms with van der Waals surface area (Å²) in [4.78, 5) is 14.6. The van der Waals surface area contributed by atoms with Gasteiger partial charge in [-0.05, 0) is 13.1 Å². The zero-order valence-corrected chi connectivity index (χ0v) is 6.22. The van der Waals surface area contributed by atoms with Crippen LogP contribution in [0.2, 0.25) is 0 Å². The van der Waals surface area contributed by atoms with Gasteiger partial charge in [-0.3, -0.25) is 9.79 Å². The molecule has 9 heavy (non-hydrogen) atoms. The van der Waals surface area contributed by atoms with Gasteiger partial charge in [0.15, 0.2) is 5.78 Å². The molecule has 0 radical (unpaired) electrons. The molecule has 0 fully saturated rings. The highest BCUT2D eigenvalue weighted by Crippen LogP contribution is 1.92. The molecule has 0 unspecified atom stereocenters. The maximum atomic E-state index is 10.8. The fourth-order valence-electron chi connectivity index (χ4n) is 0.364. The summed E-state index contributed by atoms with van der Waals surface area (Å²) in [6.45, 7) is 5.92. The number of carbonyl (C=O) groups excluding carboxylic acids is 1. The normalized spacial score (nSPS) is 11.1. The Kier molecular flexibility index (Phi) is 3.93. The lowest BCUT2D eigenvalue weighted by atomic mass is 10.1. The van der Waals surface area contributed by atoms with E-state index in [0.29, 0.717) is 6.54 Å². The summed E-state index contributed by atoms with van der Waals surface area (Å²) < 4.78 is 0. The van der Waals surface area contributed by atoms with Crippen LogP contribution in [-0.2, 0) is 4.79 Å². The molecule has 2 heteroatoms. The Morgan fingerprint density at radius 3 is 2.56 bits per heavy atom. The van der Waals surface area contributed by atoms with E-state index in [0.717, 1.165) is 0 Å². The van der Waals surface area contributed by atoms with Crippen molar-refractivity contribution in [3.63, 3.8) is 0 Å². The van der Waals surface area contributed by atoms with Gasteiger partial charge in [-0.25, -0.2) is 0 Å². The molecule has 0 heterocycles. The number of hydrogen-bond donors (Lipinski definition) is 0. The zero-order valence-electron chi connectivity index (χ0n) is 6.22. The lowest BCUT2D eigenvalue weighted by Gasteiger charge is -1.97. The Labute approximate surface area is 56.0 Å². The van der Waals surface area contributed by atoms with Crippen molar-refractivity contribution in [3.8, 4) is 0 Å². The number of ketones is 1. The van der Waals surface area contributed by atoms with Crippen molar-refractivity contribution in [1.29, 1.82) is 0 Å².